The molecule has 0 atom stereocenters. The number of nitrogens with zero attached hydrogens (tertiary/aromatic N) is 5. The summed E-state index contributed by atoms with van der Waals surface area (Å²) in [6.07, 6.45) is 4.63. The second-order valence-electron chi connectivity index (χ2n) is 11.2. The molecule has 16 N–H and O–H groups in total. The summed E-state index contributed by atoms with van der Waals surface area (Å²) < 4.78 is 0. The van der Waals surface area contributed by atoms with E-state index in [-0.39, 0.29) is 23.8 Å². The van der Waals surface area contributed by atoms with Crippen molar-refractivity contribution in [2.24, 2.45) is 65.8 Å². The maximum atomic E-state index is 5.52. The number of aromatic nitrogens is 1. The highest BCUT2D eigenvalue weighted by atomic mass is 32.1. The van der Waals surface area contributed by atoms with Crippen LogP contribution in [0.5, 0.6) is 0 Å². The van der Waals surface area contributed by atoms with Crippen molar-refractivity contribution >= 4 is 35.2 Å². The molecule has 0 aliphatic rings. The number of guanidine groups is 4. The van der Waals surface area contributed by atoms with Crippen molar-refractivity contribution < 1.29 is 0 Å². The summed E-state index contributed by atoms with van der Waals surface area (Å²) in [5, 5.41) is 0.904. The van der Waals surface area contributed by atoms with Crippen molar-refractivity contribution in [3.8, 4) is 32.9 Å². The predicted molar refractivity (Wildman–Crippen MR) is 203 cm³/mol. The van der Waals surface area contributed by atoms with Crippen molar-refractivity contribution in [3.63, 3.8) is 0 Å². The first-order chi connectivity index (χ1) is 23.5. The van der Waals surface area contributed by atoms with E-state index in [2.05, 4.69) is 56.1 Å². The fourth-order valence-electron chi connectivity index (χ4n) is 4.95. The van der Waals surface area contributed by atoms with E-state index in [1.165, 1.54) is 0 Å². The topological polar surface area (TPSA) is 270 Å². The SMILES string of the molecule is NC(N)=NCCc1cc(C#Cc2ccc(-c3ncc(-c4cc(CCN=C(N)N)cc(CCN=C(N)N)c4)s3)cc2)cc(CCN=C(N)N)c1. The van der Waals surface area contributed by atoms with E-state index in [0.717, 1.165) is 54.4 Å². The number of hydrogen-bond donors (Lipinski definition) is 8. The summed E-state index contributed by atoms with van der Waals surface area (Å²) >= 11 is 1.62. The van der Waals surface area contributed by atoms with E-state index in [1.54, 1.807) is 11.3 Å². The Labute approximate surface area is 290 Å². The normalized spacial score (nSPS) is 10.4. The second-order valence-corrected chi connectivity index (χ2v) is 12.2. The molecule has 0 aliphatic heterocycles. The molecule has 3 aromatic carbocycles. The summed E-state index contributed by atoms with van der Waals surface area (Å²) in [5.41, 5.74) is 52.3. The van der Waals surface area contributed by atoms with Crippen LogP contribution in [0.25, 0.3) is 21.0 Å². The van der Waals surface area contributed by atoms with Crippen LogP contribution in [0.3, 0.4) is 0 Å². The van der Waals surface area contributed by atoms with E-state index in [4.69, 9.17) is 50.9 Å². The molecule has 0 amide bonds. The van der Waals surface area contributed by atoms with Crippen LogP contribution in [0.2, 0.25) is 0 Å². The van der Waals surface area contributed by atoms with Crippen molar-refractivity contribution in [1.29, 1.82) is 0 Å². The third-order valence-corrected chi connectivity index (χ3v) is 8.25. The molecule has 0 aliphatic carbocycles. The van der Waals surface area contributed by atoms with Gasteiger partial charge in [-0.3, -0.25) is 20.0 Å². The Hall–Kier alpha value is -6.07. The van der Waals surface area contributed by atoms with Crippen LogP contribution in [-0.4, -0.2) is 55.0 Å². The molecule has 0 spiro atoms. The number of rotatable bonds is 14. The standard InChI is InChI=1S/C35H43N13S/c36-32(37)44-11-7-24-15-23(16-25(17-24)8-12-45-33(38)39)2-1-22-3-5-28(6-4-22)31-48-21-30(49-31)29-19-26(9-13-46-34(40)41)18-27(20-29)10-14-47-35(42)43/h3-6,15-21H,7-14H2,(H4,36,37,44)(H4,38,39,45)(H4,40,41,46)(H4,42,43,47). The Morgan fingerprint density at radius 2 is 0.918 bits per heavy atom. The van der Waals surface area contributed by atoms with Crippen molar-refractivity contribution in [2.45, 2.75) is 25.7 Å². The molecule has 4 rings (SSSR count). The molecule has 254 valence electrons. The number of aliphatic imine (C=N–C) groups is 4. The van der Waals surface area contributed by atoms with Crippen LogP contribution in [0.4, 0.5) is 0 Å². The number of benzene rings is 3. The van der Waals surface area contributed by atoms with Gasteiger partial charge in [-0.15, -0.1) is 11.3 Å². The van der Waals surface area contributed by atoms with Gasteiger partial charge in [-0.1, -0.05) is 48.2 Å². The lowest BCUT2D eigenvalue weighted by atomic mass is 10.0. The van der Waals surface area contributed by atoms with E-state index >= 15 is 0 Å². The minimum absolute atomic E-state index is 0.0664. The fourth-order valence-corrected chi connectivity index (χ4v) is 5.86. The van der Waals surface area contributed by atoms with Gasteiger partial charge in [0, 0.05) is 49.1 Å². The van der Waals surface area contributed by atoms with E-state index in [1.807, 2.05) is 42.6 Å². The quantitative estimate of drug-likeness (QED) is 0.0539. The zero-order valence-corrected chi connectivity index (χ0v) is 28.1. The van der Waals surface area contributed by atoms with Gasteiger partial charge in [0.1, 0.15) is 5.01 Å². The summed E-state index contributed by atoms with van der Waals surface area (Å²) in [5.74, 6) is 6.86. The summed E-state index contributed by atoms with van der Waals surface area (Å²) in [6.45, 7) is 1.96. The molecule has 0 unspecified atom stereocenters. The molecule has 0 saturated heterocycles. The third-order valence-electron chi connectivity index (χ3n) is 7.16. The van der Waals surface area contributed by atoms with E-state index in [0.29, 0.717) is 51.9 Å². The van der Waals surface area contributed by atoms with Gasteiger partial charge in [0.15, 0.2) is 23.8 Å². The van der Waals surface area contributed by atoms with Gasteiger partial charge in [-0.25, -0.2) is 4.98 Å². The first-order valence-electron chi connectivity index (χ1n) is 15.6. The monoisotopic (exact) mass is 677 g/mol. The highest BCUT2D eigenvalue weighted by Crippen LogP contribution is 2.33. The molecule has 1 aromatic heterocycles. The van der Waals surface area contributed by atoms with Gasteiger partial charge >= 0.3 is 0 Å². The minimum atomic E-state index is 0.0664. The fraction of sp³-hybridized carbons (Fsp3) is 0.229. The molecular weight excluding hydrogens is 635 g/mol. The highest BCUT2D eigenvalue weighted by Gasteiger charge is 2.10. The summed E-state index contributed by atoms with van der Waals surface area (Å²) in [7, 11) is 0. The first-order valence-corrected chi connectivity index (χ1v) is 16.4. The van der Waals surface area contributed by atoms with Gasteiger partial charge in [0.05, 0.1) is 4.88 Å². The lowest BCUT2D eigenvalue weighted by molar-refractivity contribution is 0.934. The number of thiazole rings is 1. The average molecular weight is 678 g/mol. The Balaban J connectivity index is 1.53. The number of nitrogens with two attached hydrogens (primary N) is 8. The largest absolute Gasteiger partial charge is 0.370 e. The molecule has 0 bridgehead atoms. The van der Waals surface area contributed by atoms with Crippen LogP contribution < -0.4 is 45.9 Å². The lowest BCUT2D eigenvalue weighted by Gasteiger charge is -2.08. The molecule has 0 radical (unpaired) electrons. The lowest BCUT2D eigenvalue weighted by Crippen LogP contribution is -2.23. The predicted octanol–water partition coefficient (Wildman–Crippen LogP) is 1.14. The zero-order valence-electron chi connectivity index (χ0n) is 27.3. The summed E-state index contributed by atoms with van der Waals surface area (Å²) in [4.78, 5) is 22.2. The van der Waals surface area contributed by atoms with Gasteiger partial charge in [0.2, 0.25) is 0 Å². The van der Waals surface area contributed by atoms with Gasteiger partial charge in [0.25, 0.3) is 0 Å². The van der Waals surface area contributed by atoms with Crippen molar-refractivity contribution in [3.05, 3.63) is 100 Å². The summed E-state index contributed by atoms with van der Waals surface area (Å²) in [6, 6.07) is 20.7. The molecule has 13 nitrogen and oxygen atoms in total. The Morgan fingerprint density at radius 1 is 0.510 bits per heavy atom. The molecular formula is C35H43N13S. The first kappa shape index (κ1) is 35.8. The molecule has 49 heavy (non-hydrogen) atoms. The van der Waals surface area contributed by atoms with Crippen molar-refractivity contribution in [2.75, 3.05) is 26.2 Å². The van der Waals surface area contributed by atoms with Crippen LogP contribution in [-0.2, 0) is 25.7 Å². The van der Waals surface area contributed by atoms with Crippen molar-refractivity contribution in [1.82, 2.24) is 4.98 Å². The maximum Gasteiger partial charge on any atom is 0.185 e. The second kappa shape index (κ2) is 17.7. The van der Waals surface area contributed by atoms with Crippen LogP contribution in [0.15, 0.2) is 86.8 Å². The van der Waals surface area contributed by atoms with E-state index < -0.39 is 0 Å². The Morgan fingerprint density at radius 3 is 1.35 bits per heavy atom. The third kappa shape index (κ3) is 12.2. The zero-order chi connectivity index (χ0) is 35.2. The number of hydrogen-bond acceptors (Lipinski definition) is 6. The van der Waals surface area contributed by atoms with Crippen LogP contribution in [0, 0.1) is 11.8 Å². The molecule has 0 fully saturated rings. The smallest absolute Gasteiger partial charge is 0.185 e. The van der Waals surface area contributed by atoms with Gasteiger partial charge in [-0.05, 0) is 77.8 Å². The van der Waals surface area contributed by atoms with Crippen LogP contribution in [0.1, 0.15) is 33.4 Å². The average Bonchev–Trinajstić information content (AvgIpc) is 3.54. The highest BCUT2D eigenvalue weighted by molar-refractivity contribution is 7.18. The van der Waals surface area contributed by atoms with E-state index in [9.17, 15) is 0 Å². The Bertz CT molecular complexity index is 1820. The molecule has 0 saturated carbocycles. The molecule has 14 heteroatoms. The van der Waals surface area contributed by atoms with Crippen LogP contribution >= 0.6 is 11.3 Å². The molecule has 1 heterocycles. The Kier molecular flexibility index (Phi) is 13.0. The maximum absolute atomic E-state index is 5.52. The molecule has 4 aromatic rings. The van der Waals surface area contributed by atoms with Gasteiger partial charge in [-0.2, -0.15) is 0 Å². The minimum Gasteiger partial charge on any atom is -0.370 e. The van der Waals surface area contributed by atoms with Gasteiger partial charge < -0.3 is 45.9 Å².